The molecule has 0 amide bonds. The van der Waals surface area contributed by atoms with Crippen molar-refractivity contribution in [1.29, 1.82) is 0 Å². The van der Waals surface area contributed by atoms with Gasteiger partial charge in [-0.1, -0.05) is 25.3 Å². The molecule has 2 aliphatic rings. The van der Waals surface area contributed by atoms with Crippen molar-refractivity contribution >= 4 is 0 Å². The van der Waals surface area contributed by atoms with Gasteiger partial charge in [-0.3, -0.25) is 4.90 Å². The zero-order valence-corrected chi connectivity index (χ0v) is 15.7. The second-order valence-electron chi connectivity index (χ2n) is 6.60. The summed E-state index contributed by atoms with van der Waals surface area (Å²) in [5.74, 6) is 1.41. The molecule has 0 bridgehead atoms. The van der Waals surface area contributed by atoms with Gasteiger partial charge in [0.05, 0.1) is 27.4 Å². The number of hydrogen-bond donors (Lipinski definition) is 1. The molecule has 0 radical (unpaired) electrons. The molecule has 1 aliphatic heterocycles. The number of aliphatic hydroxyl groups excluding tert-OH is 1. The highest BCUT2D eigenvalue weighted by Gasteiger charge is 2.22. The molecule has 25 heavy (non-hydrogen) atoms. The van der Waals surface area contributed by atoms with Crippen LogP contribution in [0.4, 0.5) is 0 Å². The van der Waals surface area contributed by atoms with E-state index < -0.39 is 0 Å². The topological polar surface area (TPSA) is 51.2 Å². The van der Waals surface area contributed by atoms with E-state index in [2.05, 4.69) is 4.90 Å². The molecular weight excluding hydrogens is 318 g/mol. The fourth-order valence-electron chi connectivity index (χ4n) is 3.55. The second-order valence-corrected chi connectivity index (χ2v) is 6.60. The van der Waals surface area contributed by atoms with E-state index in [4.69, 9.17) is 19.3 Å². The van der Waals surface area contributed by atoms with Crippen LogP contribution in [0.15, 0.2) is 18.2 Å². The summed E-state index contributed by atoms with van der Waals surface area (Å²) in [6.07, 6.45) is 7.85. The van der Waals surface area contributed by atoms with Crippen molar-refractivity contribution in [1.82, 2.24) is 4.90 Å². The Labute approximate surface area is 151 Å². The Morgan fingerprint density at radius 3 is 2.32 bits per heavy atom. The summed E-state index contributed by atoms with van der Waals surface area (Å²) in [4.78, 5) is 2.63. The highest BCUT2D eigenvalue weighted by molar-refractivity contribution is 5.42. The van der Waals surface area contributed by atoms with Crippen molar-refractivity contribution in [2.24, 2.45) is 0 Å². The molecule has 142 valence electrons. The summed E-state index contributed by atoms with van der Waals surface area (Å²) in [5, 5.41) is 8.74. The molecule has 1 heterocycles. The van der Waals surface area contributed by atoms with Crippen LogP contribution in [-0.2, 0) is 11.2 Å². The van der Waals surface area contributed by atoms with Gasteiger partial charge < -0.3 is 19.3 Å². The van der Waals surface area contributed by atoms with Gasteiger partial charge in [0, 0.05) is 25.7 Å². The summed E-state index contributed by atoms with van der Waals surface area (Å²) in [5.41, 5.74) is 1.04. The molecule has 1 aromatic carbocycles. The van der Waals surface area contributed by atoms with Crippen LogP contribution in [0.1, 0.15) is 37.7 Å². The average Bonchev–Trinajstić information content (AvgIpc) is 2.70. The fourth-order valence-corrected chi connectivity index (χ4v) is 3.55. The molecule has 0 atom stereocenters. The number of rotatable bonds is 5. The lowest BCUT2D eigenvalue weighted by Crippen LogP contribution is -2.44. The molecule has 0 spiro atoms. The first-order valence-electron chi connectivity index (χ1n) is 9.42. The van der Waals surface area contributed by atoms with Gasteiger partial charge in [0.15, 0.2) is 11.5 Å². The number of aliphatic hydroxyl groups is 1. The maximum Gasteiger partial charge on any atom is 0.160 e. The third-order valence-electron chi connectivity index (χ3n) is 4.99. The third-order valence-corrected chi connectivity index (χ3v) is 4.99. The minimum atomic E-state index is 0.148. The lowest BCUT2D eigenvalue weighted by Gasteiger charge is -2.36. The van der Waals surface area contributed by atoms with E-state index in [0.29, 0.717) is 17.9 Å². The monoisotopic (exact) mass is 351 g/mol. The Kier molecular flexibility index (Phi) is 9.08. The average molecular weight is 351 g/mol. The predicted octanol–water partition coefficient (Wildman–Crippen LogP) is 2.89. The number of ether oxygens (including phenoxy) is 3. The fraction of sp³-hybridized carbons (Fsp3) is 0.700. The quantitative estimate of drug-likeness (QED) is 0.884. The van der Waals surface area contributed by atoms with Crippen molar-refractivity contribution in [3.05, 3.63) is 23.8 Å². The molecule has 0 unspecified atom stereocenters. The SMILES string of the molecule is C1CCC(N2CCOCC2)CC1.COc1ccc(CCO)cc1OC. The van der Waals surface area contributed by atoms with Crippen LogP contribution in [0, 0.1) is 0 Å². The summed E-state index contributed by atoms with van der Waals surface area (Å²) in [7, 11) is 3.20. The van der Waals surface area contributed by atoms with Crippen LogP contribution in [-0.4, -0.2) is 63.2 Å². The Hall–Kier alpha value is -1.30. The third kappa shape index (κ3) is 6.49. The summed E-state index contributed by atoms with van der Waals surface area (Å²) < 4.78 is 15.5. The largest absolute Gasteiger partial charge is 0.493 e. The first kappa shape index (κ1) is 20.0. The van der Waals surface area contributed by atoms with E-state index in [1.165, 1.54) is 45.2 Å². The lowest BCUT2D eigenvalue weighted by atomic mass is 9.94. The number of nitrogens with zero attached hydrogens (tertiary/aromatic N) is 1. The molecule has 1 aromatic rings. The minimum absolute atomic E-state index is 0.148. The van der Waals surface area contributed by atoms with Crippen molar-refractivity contribution in [2.75, 3.05) is 47.1 Å². The summed E-state index contributed by atoms with van der Waals surface area (Å²) in [6.45, 7) is 4.40. The Morgan fingerprint density at radius 2 is 1.72 bits per heavy atom. The molecule has 1 saturated heterocycles. The molecule has 5 nitrogen and oxygen atoms in total. The predicted molar refractivity (Wildman–Crippen MR) is 99.6 cm³/mol. The van der Waals surface area contributed by atoms with Crippen LogP contribution in [0.5, 0.6) is 11.5 Å². The van der Waals surface area contributed by atoms with Gasteiger partial charge >= 0.3 is 0 Å². The van der Waals surface area contributed by atoms with Crippen LogP contribution >= 0.6 is 0 Å². The normalized spacial score (nSPS) is 19.0. The molecular formula is C20H33NO4. The minimum Gasteiger partial charge on any atom is -0.493 e. The Morgan fingerprint density at radius 1 is 1.04 bits per heavy atom. The lowest BCUT2D eigenvalue weighted by molar-refractivity contribution is 0.00858. The molecule has 0 aromatic heterocycles. The maximum atomic E-state index is 8.74. The zero-order valence-electron chi connectivity index (χ0n) is 15.7. The number of benzene rings is 1. The molecule has 2 fully saturated rings. The smallest absolute Gasteiger partial charge is 0.160 e. The summed E-state index contributed by atoms with van der Waals surface area (Å²) >= 11 is 0. The van der Waals surface area contributed by atoms with E-state index in [1.807, 2.05) is 18.2 Å². The highest BCUT2D eigenvalue weighted by Crippen LogP contribution is 2.27. The van der Waals surface area contributed by atoms with Crippen LogP contribution in [0.3, 0.4) is 0 Å². The van der Waals surface area contributed by atoms with E-state index in [9.17, 15) is 0 Å². The maximum absolute atomic E-state index is 8.74. The first-order chi connectivity index (χ1) is 12.3. The molecule has 1 aliphatic carbocycles. The zero-order chi connectivity index (χ0) is 17.9. The van der Waals surface area contributed by atoms with Crippen molar-refractivity contribution in [3.63, 3.8) is 0 Å². The number of hydrogen-bond acceptors (Lipinski definition) is 5. The van der Waals surface area contributed by atoms with Crippen molar-refractivity contribution in [3.8, 4) is 11.5 Å². The van der Waals surface area contributed by atoms with Gasteiger partial charge in [0.25, 0.3) is 0 Å². The van der Waals surface area contributed by atoms with Crippen molar-refractivity contribution in [2.45, 2.75) is 44.6 Å². The van der Waals surface area contributed by atoms with Crippen LogP contribution in [0.25, 0.3) is 0 Å². The molecule has 1 N–H and O–H groups in total. The van der Waals surface area contributed by atoms with Gasteiger partial charge in [-0.05, 0) is 37.0 Å². The number of methoxy groups -OCH3 is 2. The van der Waals surface area contributed by atoms with Gasteiger partial charge in [-0.15, -0.1) is 0 Å². The Balaban J connectivity index is 0.000000181. The second kappa shape index (κ2) is 11.3. The highest BCUT2D eigenvalue weighted by atomic mass is 16.5. The van der Waals surface area contributed by atoms with E-state index in [1.54, 1.807) is 14.2 Å². The van der Waals surface area contributed by atoms with E-state index in [-0.39, 0.29) is 6.61 Å². The first-order valence-corrected chi connectivity index (χ1v) is 9.42. The van der Waals surface area contributed by atoms with Crippen molar-refractivity contribution < 1.29 is 19.3 Å². The standard InChI is InChI=1S/C10H19NO.C10H14O3/c1-2-4-10(5-3-1)11-6-8-12-9-7-11;1-12-9-4-3-8(5-6-11)7-10(9)13-2/h10H,1-9H2;3-4,7,11H,5-6H2,1-2H3. The van der Waals surface area contributed by atoms with Crippen LogP contribution < -0.4 is 9.47 Å². The van der Waals surface area contributed by atoms with Crippen LogP contribution in [0.2, 0.25) is 0 Å². The molecule has 5 heteroatoms. The van der Waals surface area contributed by atoms with E-state index in [0.717, 1.165) is 24.8 Å². The van der Waals surface area contributed by atoms with Gasteiger partial charge in [-0.25, -0.2) is 0 Å². The number of morpholine rings is 1. The van der Waals surface area contributed by atoms with Gasteiger partial charge in [0.2, 0.25) is 0 Å². The molecule has 1 saturated carbocycles. The van der Waals surface area contributed by atoms with Gasteiger partial charge in [0.1, 0.15) is 0 Å². The van der Waals surface area contributed by atoms with E-state index >= 15 is 0 Å². The summed E-state index contributed by atoms with van der Waals surface area (Å²) in [6, 6.07) is 6.51. The Bertz CT molecular complexity index is 467. The van der Waals surface area contributed by atoms with Gasteiger partial charge in [-0.2, -0.15) is 0 Å². The molecule has 3 rings (SSSR count).